The Bertz CT molecular complexity index is 817. The smallest absolute Gasteiger partial charge is 0.0618 e. The summed E-state index contributed by atoms with van der Waals surface area (Å²) in [5.41, 5.74) is 2.15. The van der Waals surface area contributed by atoms with Crippen molar-refractivity contribution < 1.29 is 15.3 Å². The van der Waals surface area contributed by atoms with Gasteiger partial charge in [-0.1, -0.05) is 53.2 Å². The standard InChI is InChI=1S/C30H50O3/c1-26(2)21-9-7-19-17-27(3)14-11-23-29(5,16-13-25(33)30(23,6)18-31)22(27)10-8-20(19)28(21,4)15-12-24(26)32/h7,20-25,31-33H,8-18H2,1-6H3/t20-,21-,22?,23?,24+,25?,27-,28?,29+,30+/m0/s1. The summed E-state index contributed by atoms with van der Waals surface area (Å²) in [7, 11) is 0. The van der Waals surface area contributed by atoms with E-state index in [1.54, 1.807) is 5.57 Å². The number of fused-ring (bicyclic) bond motifs is 6. The Morgan fingerprint density at radius 2 is 1.42 bits per heavy atom. The van der Waals surface area contributed by atoms with Gasteiger partial charge in [-0.2, -0.15) is 0 Å². The molecular weight excluding hydrogens is 408 g/mol. The maximum Gasteiger partial charge on any atom is 0.0618 e. The molecule has 0 heterocycles. The maximum atomic E-state index is 10.9. The highest BCUT2D eigenvalue weighted by molar-refractivity contribution is 5.25. The van der Waals surface area contributed by atoms with Crippen LogP contribution in [0.1, 0.15) is 106 Å². The highest BCUT2D eigenvalue weighted by Crippen LogP contribution is 2.70. The predicted molar refractivity (Wildman–Crippen MR) is 134 cm³/mol. The van der Waals surface area contributed by atoms with Crippen molar-refractivity contribution in [2.24, 2.45) is 50.7 Å². The van der Waals surface area contributed by atoms with E-state index in [0.29, 0.717) is 34.5 Å². The van der Waals surface area contributed by atoms with E-state index in [9.17, 15) is 15.3 Å². The van der Waals surface area contributed by atoms with E-state index in [2.05, 4.69) is 47.6 Å². The predicted octanol–water partition coefficient (Wildman–Crippen LogP) is 6.11. The number of hydrogen-bond donors (Lipinski definition) is 3. The van der Waals surface area contributed by atoms with Crippen LogP contribution >= 0.6 is 0 Å². The van der Waals surface area contributed by atoms with Crippen LogP contribution in [0.25, 0.3) is 0 Å². The van der Waals surface area contributed by atoms with E-state index in [0.717, 1.165) is 38.5 Å². The van der Waals surface area contributed by atoms with Crippen LogP contribution in [-0.4, -0.2) is 34.1 Å². The highest BCUT2D eigenvalue weighted by atomic mass is 16.3. The van der Waals surface area contributed by atoms with Gasteiger partial charge in [0.05, 0.1) is 18.8 Å². The fraction of sp³-hybridized carbons (Fsp3) is 0.933. The average Bonchev–Trinajstić information content (AvgIpc) is 2.91. The molecule has 0 saturated heterocycles. The first kappa shape index (κ1) is 24.3. The first-order valence-electron chi connectivity index (χ1n) is 14.0. The minimum atomic E-state index is -0.378. The summed E-state index contributed by atoms with van der Waals surface area (Å²) in [6.45, 7) is 14.5. The van der Waals surface area contributed by atoms with E-state index in [4.69, 9.17) is 0 Å². The Labute approximate surface area is 202 Å². The third-order valence-corrected chi connectivity index (χ3v) is 13.0. The van der Waals surface area contributed by atoms with Gasteiger partial charge in [-0.15, -0.1) is 0 Å². The lowest BCUT2D eigenvalue weighted by Crippen LogP contribution is -2.60. The fourth-order valence-electron chi connectivity index (χ4n) is 11.0. The summed E-state index contributed by atoms with van der Waals surface area (Å²) in [6, 6.07) is 0. The molecule has 3 heteroatoms. The minimum absolute atomic E-state index is 0.0164. The van der Waals surface area contributed by atoms with Crippen molar-refractivity contribution in [3.05, 3.63) is 11.6 Å². The summed E-state index contributed by atoms with van der Waals surface area (Å²) in [6.07, 6.45) is 13.3. The Hall–Kier alpha value is -0.380. The van der Waals surface area contributed by atoms with Crippen LogP contribution in [-0.2, 0) is 0 Å². The molecule has 5 rings (SSSR count). The van der Waals surface area contributed by atoms with Gasteiger partial charge in [-0.25, -0.2) is 0 Å². The number of hydrogen-bond acceptors (Lipinski definition) is 3. The Morgan fingerprint density at radius 3 is 2.12 bits per heavy atom. The topological polar surface area (TPSA) is 60.7 Å². The molecule has 0 amide bonds. The van der Waals surface area contributed by atoms with Gasteiger partial charge in [-0.05, 0) is 110 Å². The van der Waals surface area contributed by atoms with Crippen molar-refractivity contribution in [3.63, 3.8) is 0 Å². The molecule has 3 nitrogen and oxygen atoms in total. The first-order valence-corrected chi connectivity index (χ1v) is 14.0. The van der Waals surface area contributed by atoms with Crippen molar-refractivity contribution in [1.82, 2.24) is 0 Å². The zero-order chi connectivity index (χ0) is 24.0. The van der Waals surface area contributed by atoms with Crippen LogP contribution < -0.4 is 0 Å². The summed E-state index contributed by atoms with van der Waals surface area (Å²) in [5.74, 6) is 2.25. The van der Waals surface area contributed by atoms with Gasteiger partial charge >= 0.3 is 0 Å². The van der Waals surface area contributed by atoms with Crippen molar-refractivity contribution >= 4 is 0 Å². The molecule has 5 aliphatic rings. The molecule has 3 N–H and O–H groups in total. The Balaban J connectivity index is 1.50. The number of allylic oxidation sites excluding steroid dienone is 2. The van der Waals surface area contributed by atoms with E-state index in [1.165, 1.54) is 25.7 Å². The summed E-state index contributed by atoms with van der Waals surface area (Å²) >= 11 is 0. The van der Waals surface area contributed by atoms with E-state index < -0.39 is 0 Å². The monoisotopic (exact) mass is 458 g/mol. The molecule has 0 aromatic carbocycles. The van der Waals surface area contributed by atoms with Crippen LogP contribution in [0, 0.1) is 50.7 Å². The second-order valence-corrected chi connectivity index (χ2v) is 14.8. The zero-order valence-corrected chi connectivity index (χ0v) is 22.2. The molecule has 0 aromatic rings. The molecule has 5 aliphatic carbocycles. The lowest BCUT2D eigenvalue weighted by Gasteiger charge is -2.64. The second kappa shape index (κ2) is 7.56. The van der Waals surface area contributed by atoms with E-state index >= 15 is 0 Å². The number of aliphatic hydroxyl groups is 3. The van der Waals surface area contributed by atoms with Crippen LogP contribution in [0.3, 0.4) is 0 Å². The Kier molecular flexibility index (Phi) is 5.57. The number of rotatable bonds is 1. The van der Waals surface area contributed by atoms with Gasteiger partial charge < -0.3 is 15.3 Å². The summed E-state index contributed by atoms with van der Waals surface area (Å²) < 4.78 is 0. The van der Waals surface area contributed by atoms with Gasteiger partial charge in [0, 0.05) is 5.41 Å². The van der Waals surface area contributed by atoms with Crippen LogP contribution in [0.5, 0.6) is 0 Å². The second-order valence-electron chi connectivity index (χ2n) is 14.8. The average molecular weight is 459 g/mol. The van der Waals surface area contributed by atoms with Crippen molar-refractivity contribution in [3.8, 4) is 0 Å². The fourth-order valence-corrected chi connectivity index (χ4v) is 11.0. The van der Waals surface area contributed by atoms with Crippen LogP contribution in [0.15, 0.2) is 11.6 Å². The third-order valence-electron chi connectivity index (χ3n) is 13.0. The molecule has 4 saturated carbocycles. The van der Waals surface area contributed by atoms with Gasteiger partial charge in [0.1, 0.15) is 0 Å². The Morgan fingerprint density at radius 1 is 0.758 bits per heavy atom. The van der Waals surface area contributed by atoms with Gasteiger partial charge in [0.2, 0.25) is 0 Å². The third kappa shape index (κ3) is 3.17. The molecule has 4 unspecified atom stereocenters. The van der Waals surface area contributed by atoms with Crippen molar-refractivity contribution in [2.45, 2.75) is 118 Å². The normalized spacial score (nSPS) is 55.8. The molecule has 0 bridgehead atoms. The lowest BCUT2D eigenvalue weighted by molar-refractivity contribution is -0.189. The highest BCUT2D eigenvalue weighted by Gasteiger charge is 2.63. The molecule has 0 spiro atoms. The largest absolute Gasteiger partial charge is 0.396 e. The molecule has 0 aliphatic heterocycles. The minimum Gasteiger partial charge on any atom is -0.396 e. The molecular formula is C30H50O3. The summed E-state index contributed by atoms with van der Waals surface area (Å²) in [4.78, 5) is 0. The number of aliphatic hydroxyl groups excluding tert-OH is 3. The molecule has 188 valence electrons. The molecule has 4 fully saturated rings. The summed E-state index contributed by atoms with van der Waals surface area (Å²) in [5, 5.41) is 32.2. The SMILES string of the molecule is CC1(C)[C@H](O)CCC2(C)[C@H]3CCC4[C@@](C)(CCC5[C@@](C)(CO)C(O)CC[C@]45C)CC3=CC[C@@H]12. The van der Waals surface area contributed by atoms with Gasteiger partial charge in [-0.3, -0.25) is 0 Å². The first-order chi connectivity index (χ1) is 15.3. The maximum absolute atomic E-state index is 10.9. The van der Waals surface area contributed by atoms with Crippen LogP contribution in [0.4, 0.5) is 0 Å². The van der Waals surface area contributed by atoms with Crippen molar-refractivity contribution in [2.75, 3.05) is 6.61 Å². The lowest BCUT2D eigenvalue weighted by atomic mass is 9.42. The van der Waals surface area contributed by atoms with E-state index in [-0.39, 0.29) is 35.1 Å². The van der Waals surface area contributed by atoms with E-state index in [1.807, 2.05) is 0 Å². The molecule has 10 atom stereocenters. The quantitative estimate of drug-likeness (QED) is 0.415. The van der Waals surface area contributed by atoms with Crippen LogP contribution in [0.2, 0.25) is 0 Å². The molecule has 33 heavy (non-hydrogen) atoms. The molecule has 0 radical (unpaired) electrons. The zero-order valence-electron chi connectivity index (χ0n) is 22.2. The van der Waals surface area contributed by atoms with Gasteiger partial charge in [0.15, 0.2) is 0 Å². The van der Waals surface area contributed by atoms with Crippen molar-refractivity contribution in [1.29, 1.82) is 0 Å². The van der Waals surface area contributed by atoms with Gasteiger partial charge in [0.25, 0.3) is 0 Å². The molecule has 0 aromatic heterocycles.